The van der Waals surface area contributed by atoms with Crippen molar-refractivity contribution in [2.24, 2.45) is 11.7 Å². The highest BCUT2D eigenvalue weighted by molar-refractivity contribution is 7.80. The number of hydrogen-bond donors (Lipinski definition) is 1. The third kappa shape index (κ3) is 3.31. The maximum atomic E-state index is 12.6. The molecule has 1 aliphatic heterocycles. The topological polar surface area (TPSA) is 29.3 Å². The van der Waals surface area contributed by atoms with Crippen molar-refractivity contribution >= 4 is 17.2 Å². The molecule has 0 aromatic carbocycles. The second-order valence-electron chi connectivity index (χ2n) is 3.98. The van der Waals surface area contributed by atoms with E-state index in [1.54, 1.807) is 4.90 Å². The quantitative estimate of drug-likeness (QED) is 0.764. The first-order valence-corrected chi connectivity index (χ1v) is 5.33. The van der Waals surface area contributed by atoms with Crippen molar-refractivity contribution in [1.82, 2.24) is 4.90 Å². The van der Waals surface area contributed by atoms with Gasteiger partial charge in [0.25, 0.3) is 0 Å². The molecule has 15 heavy (non-hydrogen) atoms. The van der Waals surface area contributed by atoms with Crippen molar-refractivity contribution in [3.63, 3.8) is 0 Å². The van der Waals surface area contributed by atoms with Gasteiger partial charge in [0.15, 0.2) is 0 Å². The van der Waals surface area contributed by atoms with Gasteiger partial charge < -0.3 is 5.73 Å². The smallest absolute Gasteiger partial charge is 0.393 e. The summed E-state index contributed by atoms with van der Waals surface area (Å²) in [6, 6.07) is 0.198. The number of nitrogens with zero attached hydrogens (tertiary/aromatic N) is 1. The van der Waals surface area contributed by atoms with Crippen molar-refractivity contribution in [3.8, 4) is 0 Å². The van der Waals surface area contributed by atoms with Crippen molar-refractivity contribution in [1.29, 1.82) is 0 Å². The summed E-state index contributed by atoms with van der Waals surface area (Å²) < 4.78 is 37.7. The Labute approximate surface area is 92.6 Å². The Balaban J connectivity index is 2.63. The van der Waals surface area contributed by atoms with Crippen molar-refractivity contribution in [2.75, 3.05) is 13.1 Å². The fourth-order valence-electron chi connectivity index (χ4n) is 1.85. The van der Waals surface area contributed by atoms with Crippen LogP contribution >= 0.6 is 12.2 Å². The molecule has 88 valence electrons. The number of hydrogen-bond acceptors (Lipinski definition) is 2. The molecular formula is C9H15F3N2S. The van der Waals surface area contributed by atoms with Crippen molar-refractivity contribution < 1.29 is 13.2 Å². The molecule has 2 nitrogen and oxygen atoms in total. The molecule has 1 saturated heterocycles. The lowest BCUT2D eigenvalue weighted by molar-refractivity contribution is -0.159. The average molecular weight is 240 g/mol. The molecule has 0 aromatic rings. The third-order valence-corrected chi connectivity index (χ3v) is 3.13. The van der Waals surface area contributed by atoms with E-state index in [2.05, 4.69) is 12.2 Å². The Kier molecular flexibility index (Phi) is 3.94. The lowest BCUT2D eigenvalue weighted by Crippen LogP contribution is -2.44. The first-order valence-electron chi connectivity index (χ1n) is 4.92. The van der Waals surface area contributed by atoms with Gasteiger partial charge in [0.2, 0.25) is 0 Å². The summed E-state index contributed by atoms with van der Waals surface area (Å²) >= 11 is 4.47. The molecule has 1 rings (SSSR count). The standard InChI is InChI=1S/C9H15F3N2S/c1-6-3-2-4-14(6)5-7(8(13)15)9(10,11)12/h6-7H,2-5H2,1H3,(H2,13,15). The summed E-state index contributed by atoms with van der Waals surface area (Å²) in [7, 11) is 0. The Morgan fingerprint density at radius 1 is 1.60 bits per heavy atom. The van der Waals surface area contributed by atoms with E-state index in [9.17, 15) is 13.2 Å². The van der Waals surface area contributed by atoms with Gasteiger partial charge in [-0.2, -0.15) is 13.2 Å². The van der Waals surface area contributed by atoms with E-state index in [1.807, 2.05) is 6.92 Å². The maximum absolute atomic E-state index is 12.6. The predicted molar refractivity (Wildman–Crippen MR) is 56.6 cm³/mol. The van der Waals surface area contributed by atoms with Gasteiger partial charge in [0.05, 0.1) is 4.99 Å². The van der Waals surface area contributed by atoms with Crippen LogP contribution in [0.3, 0.4) is 0 Å². The van der Waals surface area contributed by atoms with E-state index in [1.165, 1.54) is 0 Å². The van der Waals surface area contributed by atoms with E-state index >= 15 is 0 Å². The molecule has 1 fully saturated rings. The molecule has 0 spiro atoms. The van der Waals surface area contributed by atoms with Crippen LogP contribution in [0, 0.1) is 5.92 Å². The van der Waals surface area contributed by atoms with Gasteiger partial charge in [0, 0.05) is 12.6 Å². The van der Waals surface area contributed by atoms with Gasteiger partial charge in [-0.05, 0) is 26.3 Å². The fourth-order valence-corrected chi connectivity index (χ4v) is 2.06. The summed E-state index contributed by atoms with van der Waals surface area (Å²) in [6.07, 6.45) is -2.43. The first-order chi connectivity index (χ1) is 6.82. The van der Waals surface area contributed by atoms with Gasteiger partial charge in [-0.3, -0.25) is 4.90 Å². The normalized spacial score (nSPS) is 25.5. The van der Waals surface area contributed by atoms with Crippen LogP contribution in [0.4, 0.5) is 13.2 Å². The molecule has 6 heteroatoms. The van der Waals surface area contributed by atoms with Gasteiger partial charge in [0.1, 0.15) is 5.92 Å². The van der Waals surface area contributed by atoms with Gasteiger partial charge in [-0.1, -0.05) is 12.2 Å². The zero-order valence-corrected chi connectivity index (χ0v) is 9.37. The average Bonchev–Trinajstić information content (AvgIpc) is 2.44. The molecular weight excluding hydrogens is 225 g/mol. The molecule has 2 N–H and O–H groups in total. The van der Waals surface area contributed by atoms with E-state index in [4.69, 9.17) is 5.73 Å². The van der Waals surface area contributed by atoms with Crippen LogP contribution in [0.25, 0.3) is 0 Å². The molecule has 1 heterocycles. The van der Waals surface area contributed by atoms with E-state index < -0.39 is 17.1 Å². The zero-order valence-electron chi connectivity index (χ0n) is 8.55. The highest BCUT2D eigenvalue weighted by atomic mass is 32.1. The second kappa shape index (κ2) is 4.65. The van der Waals surface area contributed by atoms with Gasteiger partial charge in [-0.25, -0.2) is 0 Å². The van der Waals surface area contributed by atoms with E-state index in [-0.39, 0.29) is 12.6 Å². The summed E-state index contributed by atoms with van der Waals surface area (Å²) in [6.45, 7) is 2.54. The van der Waals surface area contributed by atoms with Crippen molar-refractivity contribution in [3.05, 3.63) is 0 Å². The Morgan fingerprint density at radius 2 is 2.20 bits per heavy atom. The van der Waals surface area contributed by atoms with Crippen LogP contribution in [-0.2, 0) is 0 Å². The fraction of sp³-hybridized carbons (Fsp3) is 0.889. The third-order valence-electron chi connectivity index (χ3n) is 2.85. The minimum Gasteiger partial charge on any atom is -0.393 e. The van der Waals surface area contributed by atoms with Crippen LogP contribution in [0.15, 0.2) is 0 Å². The summed E-state index contributed by atoms with van der Waals surface area (Å²) in [5.41, 5.74) is 5.13. The summed E-state index contributed by atoms with van der Waals surface area (Å²) in [4.78, 5) is 1.35. The Hall–Kier alpha value is -0.360. The highest BCUT2D eigenvalue weighted by Crippen LogP contribution is 2.29. The van der Waals surface area contributed by atoms with Crippen LogP contribution in [0.5, 0.6) is 0 Å². The number of nitrogens with two attached hydrogens (primary N) is 1. The second-order valence-corrected chi connectivity index (χ2v) is 4.45. The SMILES string of the molecule is CC1CCCN1CC(C(N)=S)C(F)(F)F. The maximum Gasteiger partial charge on any atom is 0.399 e. The molecule has 0 amide bonds. The predicted octanol–water partition coefficient (Wildman–Crippen LogP) is 1.94. The zero-order chi connectivity index (χ0) is 11.6. The molecule has 2 atom stereocenters. The van der Waals surface area contributed by atoms with Crippen LogP contribution in [-0.4, -0.2) is 35.2 Å². The molecule has 1 aliphatic rings. The van der Waals surface area contributed by atoms with Crippen LogP contribution in [0.1, 0.15) is 19.8 Å². The minimum atomic E-state index is -4.33. The number of rotatable bonds is 3. The Bertz CT molecular complexity index is 242. The number of likely N-dealkylation sites (tertiary alicyclic amines) is 1. The van der Waals surface area contributed by atoms with Crippen LogP contribution < -0.4 is 5.73 Å². The van der Waals surface area contributed by atoms with E-state index in [0.717, 1.165) is 12.8 Å². The Morgan fingerprint density at radius 3 is 2.53 bits per heavy atom. The summed E-state index contributed by atoms with van der Waals surface area (Å²) in [5, 5.41) is 0. The molecule has 0 bridgehead atoms. The minimum absolute atomic E-state index is 0.0972. The molecule has 0 aromatic heterocycles. The first kappa shape index (κ1) is 12.7. The number of alkyl halides is 3. The van der Waals surface area contributed by atoms with Crippen LogP contribution in [0.2, 0.25) is 0 Å². The molecule has 0 saturated carbocycles. The van der Waals surface area contributed by atoms with E-state index in [0.29, 0.717) is 6.54 Å². The van der Waals surface area contributed by atoms with Gasteiger partial charge in [-0.15, -0.1) is 0 Å². The lowest BCUT2D eigenvalue weighted by Gasteiger charge is -2.27. The van der Waals surface area contributed by atoms with Crippen molar-refractivity contribution in [2.45, 2.75) is 32.0 Å². The molecule has 0 aliphatic carbocycles. The van der Waals surface area contributed by atoms with Gasteiger partial charge >= 0.3 is 6.18 Å². The lowest BCUT2D eigenvalue weighted by atomic mass is 10.1. The summed E-state index contributed by atoms with van der Waals surface area (Å²) in [5.74, 6) is -1.67. The molecule has 0 radical (unpaired) electrons. The largest absolute Gasteiger partial charge is 0.399 e. The highest BCUT2D eigenvalue weighted by Gasteiger charge is 2.43. The molecule has 2 unspecified atom stereocenters. The monoisotopic (exact) mass is 240 g/mol. The number of halogens is 3. The number of thiocarbonyl (C=S) groups is 1.